The van der Waals surface area contributed by atoms with E-state index in [4.69, 9.17) is 10.8 Å². The summed E-state index contributed by atoms with van der Waals surface area (Å²) in [5, 5.41) is 11.1. The number of rotatable bonds is 4. The van der Waals surface area contributed by atoms with Crippen LogP contribution in [-0.2, 0) is 11.2 Å². The Labute approximate surface area is 93.3 Å². The zero-order valence-corrected chi connectivity index (χ0v) is 8.93. The maximum absolute atomic E-state index is 11.2. The Morgan fingerprint density at radius 1 is 1.38 bits per heavy atom. The molecule has 0 aromatic heterocycles. The molecule has 5 heteroatoms. The van der Waals surface area contributed by atoms with Gasteiger partial charge >= 0.3 is 5.97 Å². The van der Waals surface area contributed by atoms with E-state index in [0.29, 0.717) is 5.56 Å². The number of carbonyl (C=O) groups excluding carboxylic acids is 1. The minimum atomic E-state index is -1.03. The number of nitrogens with two attached hydrogens (primary N) is 1. The number of carboxylic acid groups (broad SMARTS) is 1. The van der Waals surface area contributed by atoms with Crippen LogP contribution in [0.5, 0.6) is 0 Å². The van der Waals surface area contributed by atoms with E-state index in [-0.39, 0.29) is 12.3 Å². The third kappa shape index (κ3) is 3.06. The summed E-state index contributed by atoms with van der Waals surface area (Å²) in [6.45, 7) is 0. The van der Waals surface area contributed by atoms with Crippen LogP contribution in [0, 0.1) is 0 Å². The van der Waals surface area contributed by atoms with Crippen LogP contribution in [0.4, 0.5) is 0 Å². The zero-order valence-electron chi connectivity index (χ0n) is 8.93. The monoisotopic (exact) mass is 222 g/mol. The molecular formula is C11H14N2O3. The molecule has 0 saturated heterocycles. The Hall–Kier alpha value is -1.88. The predicted octanol–water partition coefficient (Wildman–Crippen LogP) is 0.000600. The minimum Gasteiger partial charge on any atom is -0.480 e. The van der Waals surface area contributed by atoms with Gasteiger partial charge in [-0.05, 0) is 24.1 Å². The second-order valence-electron chi connectivity index (χ2n) is 3.42. The maximum Gasteiger partial charge on any atom is 0.320 e. The van der Waals surface area contributed by atoms with E-state index < -0.39 is 12.0 Å². The summed E-state index contributed by atoms with van der Waals surface area (Å²) < 4.78 is 0. The van der Waals surface area contributed by atoms with Gasteiger partial charge in [0.05, 0.1) is 0 Å². The van der Waals surface area contributed by atoms with Crippen molar-refractivity contribution in [3.05, 3.63) is 35.4 Å². The average Bonchev–Trinajstić information content (AvgIpc) is 2.28. The van der Waals surface area contributed by atoms with E-state index in [2.05, 4.69) is 5.32 Å². The van der Waals surface area contributed by atoms with Crippen molar-refractivity contribution in [2.45, 2.75) is 12.5 Å². The highest BCUT2D eigenvalue weighted by Crippen LogP contribution is 2.06. The Morgan fingerprint density at radius 2 is 1.94 bits per heavy atom. The Bertz CT molecular complexity index is 387. The molecule has 0 aliphatic rings. The van der Waals surface area contributed by atoms with Crippen molar-refractivity contribution in [3.63, 3.8) is 0 Å². The Kier molecular flexibility index (Phi) is 4.02. The first-order valence-electron chi connectivity index (χ1n) is 4.84. The van der Waals surface area contributed by atoms with E-state index in [1.165, 1.54) is 0 Å². The number of hydrogen-bond donors (Lipinski definition) is 3. The highest BCUT2D eigenvalue weighted by Gasteiger charge is 2.12. The molecule has 1 atom stereocenters. The lowest BCUT2D eigenvalue weighted by molar-refractivity contribution is -0.138. The van der Waals surface area contributed by atoms with Crippen LogP contribution in [0.3, 0.4) is 0 Å². The van der Waals surface area contributed by atoms with Crippen LogP contribution in [0.25, 0.3) is 0 Å². The first-order valence-corrected chi connectivity index (χ1v) is 4.84. The summed E-state index contributed by atoms with van der Waals surface area (Å²) >= 11 is 0. The molecular weight excluding hydrogens is 208 g/mol. The first kappa shape index (κ1) is 12.2. The molecule has 0 heterocycles. The van der Waals surface area contributed by atoms with Crippen LogP contribution in [-0.4, -0.2) is 30.1 Å². The Balaban J connectivity index is 2.72. The van der Waals surface area contributed by atoms with E-state index in [9.17, 15) is 9.59 Å². The summed E-state index contributed by atoms with van der Waals surface area (Å²) in [5.41, 5.74) is 6.72. The normalized spacial score (nSPS) is 11.9. The van der Waals surface area contributed by atoms with E-state index in [1.807, 2.05) is 0 Å². The molecule has 0 saturated carbocycles. The van der Waals surface area contributed by atoms with Gasteiger partial charge < -0.3 is 16.2 Å². The van der Waals surface area contributed by atoms with E-state index in [1.54, 1.807) is 31.3 Å². The van der Waals surface area contributed by atoms with Crippen molar-refractivity contribution in [3.8, 4) is 0 Å². The first-order chi connectivity index (χ1) is 7.54. The molecule has 1 aromatic rings. The molecule has 1 unspecified atom stereocenters. The summed E-state index contributed by atoms with van der Waals surface area (Å²) in [5.74, 6) is -1.20. The lowest BCUT2D eigenvalue weighted by atomic mass is 10.0. The summed E-state index contributed by atoms with van der Waals surface area (Å²) in [6.07, 6.45) is 0.253. The second kappa shape index (κ2) is 5.27. The number of benzene rings is 1. The van der Waals surface area contributed by atoms with Gasteiger partial charge in [0.15, 0.2) is 0 Å². The molecule has 0 fully saturated rings. The molecule has 1 amide bonds. The lowest BCUT2D eigenvalue weighted by Gasteiger charge is -2.06. The molecule has 0 bridgehead atoms. The van der Waals surface area contributed by atoms with Crippen LogP contribution < -0.4 is 11.1 Å². The van der Waals surface area contributed by atoms with Crippen molar-refractivity contribution in [2.24, 2.45) is 5.73 Å². The SMILES string of the molecule is CNC(=O)c1ccc(CC(N)C(=O)O)cc1. The van der Waals surface area contributed by atoms with E-state index in [0.717, 1.165) is 5.56 Å². The van der Waals surface area contributed by atoms with Gasteiger partial charge in [-0.1, -0.05) is 12.1 Å². The third-order valence-electron chi connectivity index (χ3n) is 2.22. The molecule has 86 valence electrons. The van der Waals surface area contributed by atoms with Gasteiger partial charge in [0.2, 0.25) is 0 Å². The number of hydrogen-bond acceptors (Lipinski definition) is 3. The molecule has 1 aromatic carbocycles. The molecule has 1 rings (SSSR count). The molecule has 4 N–H and O–H groups in total. The molecule has 0 aliphatic heterocycles. The summed E-state index contributed by atoms with van der Waals surface area (Å²) in [4.78, 5) is 21.8. The highest BCUT2D eigenvalue weighted by molar-refractivity contribution is 5.93. The molecule has 0 radical (unpaired) electrons. The standard InChI is InChI=1S/C11H14N2O3/c1-13-10(14)8-4-2-7(3-5-8)6-9(12)11(15)16/h2-5,9H,6,12H2,1H3,(H,13,14)(H,15,16). The maximum atomic E-state index is 11.2. The van der Waals surface area contributed by atoms with Gasteiger partial charge in [0.1, 0.15) is 6.04 Å². The van der Waals surface area contributed by atoms with Crippen LogP contribution in [0.2, 0.25) is 0 Å². The van der Waals surface area contributed by atoms with Crippen molar-refractivity contribution in [1.29, 1.82) is 0 Å². The topological polar surface area (TPSA) is 92.4 Å². The third-order valence-corrected chi connectivity index (χ3v) is 2.22. The fourth-order valence-electron chi connectivity index (χ4n) is 1.28. The van der Waals surface area contributed by atoms with Crippen molar-refractivity contribution in [2.75, 3.05) is 7.05 Å². The second-order valence-corrected chi connectivity index (χ2v) is 3.42. The molecule has 0 aliphatic carbocycles. The van der Waals surface area contributed by atoms with Crippen LogP contribution >= 0.6 is 0 Å². The molecule has 0 spiro atoms. The van der Waals surface area contributed by atoms with Gasteiger partial charge in [-0.15, -0.1) is 0 Å². The number of aliphatic carboxylic acids is 1. The molecule has 16 heavy (non-hydrogen) atoms. The number of carbonyl (C=O) groups is 2. The van der Waals surface area contributed by atoms with Gasteiger partial charge in [-0.25, -0.2) is 0 Å². The van der Waals surface area contributed by atoms with Gasteiger partial charge in [-0.3, -0.25) is 9.59 Å². The Morgan fingerprint density at radius 3 is 2.38 bits per heavy atom. The quantitative estimate of drug-likeness (QED) is 0.668. The fourth-order valence-corrected chi connectivity index (χ4v) is 1.28. The van der Waals surface area contributed by atoms with Crippen LogP contribution in [0.15, 0.2) is 24.3 Å². The highest BCUT2D eigenvalue weighted by atomic mass is 16.4. The molecule has 5 nitrogen and oxygen atoms in total. The van der Waals surface area contributed by atoms with Crippen molar-refractivity contribution < 1.29 is 14.7 Å². The predicted molar refractivity (Wildman–Crippen MR) is 59.1 cm³/mol. The summed E-state index contributed by atoms with van der Waals surface area (Å²) in [7, 11) is 1.55. The zero-order chi connectivity index (χ0) is 12.1. The van der Waals surface area contributed by atoms with E-state index >= 15 is 0 Å². The smallest absolute Gasteiger partial charge is 0.320 e. The van der Waals surface area contributed by atoms with Gasteiger partial charge in [-0.2, -0.15) is 0 Å². The lowest BCUT2D eigenvalue weighted by Crippen LogP contribution is -2.32. The summed E-state index contributed by atoms with van der Waals surface area (Å²) in [6, 6.07) is 5.78. The fraction of sp³-hybridized carbons (Fsp3) is 0.273. The number of carboxylic acids is 1. The number of nitrogens with one attached hydrogen (secondary N) is 1. The minimum absolute atomic E-state index is 0.172. The van der Waals surface area contributed by atoms with Gasteiger partial charge in [0.25, 0.3) is 5.91 Å². The average molecular weight is 222 g/mol. The van der Waals surface area contributed by atoms with Gasteiger partial charge in [0, 0.05) is 12.6 Å². The van der Waals surface area contributed by atoms with Crippen molar-refractivity contribution >= 4 is 11.9 Å². The van der Waals surface area contributed by atoms with Crippen molar-refractivity contribution in [1.82, 2.24) is 5.32 Å². The number of amides is 1. The van der Waals surface area contributed by atoms with Crippen LogP contribution in [0.1, 0.15) is 15.9 Å². The largest absolute Gasteiger partial charge is 0.480 e.